The number of aromatic nitrogens is 1. The first-order chi connectivity index (χ1) is 21.7. The van der Waals surface area contributed by atoms with Crippen molar-refractivity contribution < 1.29 is 29.1 Å². The quantitative estimate of drug-likeness (QED) is 0.168. The van der Waals surface area contributed by atoms with E-state index in [4.69, 9.17) is 0 Å². The fourth-order valence-corrected chi connectivity index (χ4v) is 5.21. The molecule has 12 nitrogen and oxygen atoms in total. The van der Waals surface area contributed by atoms with Crippen LogP contribution in [0.4, 0.5) is 0 Å². The summed E-state index contributed by atoms with van der Waals surface area (Å²) in [5.74, 6) is -3.05. The van der Waals surface area contributed by atoms with E-state index in [1.807, 2.05) is 54.6 Å². The SMILES string of the molecule is O=C1CNC(=O)[C@H](Cc2ccccc2)NC(=O)[C@@H](Cc2c[nH]c3ccccc23)NC(=O)CNC(=O)[C@H](Cc2ccc(O)cc2)N1. The van der Waals surface area contributed by atoms with Gasteiger partial charge in [0.2, 0.25) is 29.5 Å². The standard InChI is InChI=1S/C33H34N6O6/c40-23-12-10-21(11-13-23)15-26-31(43)35-19-30(42)38-28(16-22-17-34-25-9-5-4-8-24(22)25)33(45)39-27(14-20-6-2-1-3-7-20)32(44)36-18-29(41)37-26/h1-13,17,26-28,34,40H,14-16,18-19H2,(H,35,43)(H,36,44)(H,37,41)(H,38,42)(H,39,45)/t26-,27-,28+/m0/s1. The van der Waals surface area contributed by atoms with Gasteiger partial charge in [-0.1, -0.05) is 60.7 Å². The van der Waals surface area contributed by atoms with E-state index >= 15 is 0 Å². The maximum atomic E-state index is 13.7. The summed E-state index contributed by atoms with van der Waals surface area (Å²) in [5.41, 5.74) is 3.07. The zero-order valence-electron chi connectivity index (χ0n) is 24.3. The molecule has 0 aliphatic carbocycles. The molecule has 3 atom stereocenters. The number of aromatic amines is 1. The Kier molecular flexibility index (Phi) is 9.73. The van der Waals surface area contributed by atoms with Gasteiger partial charge in [-0.25, -0.2) is 0 Å². The molecule has 1 aliphatic rings. The minimum absolute atomic E-state index is 0.0455. The van der Waals surface area contributed by atoms with Gasteiger partial charge in [0.05, 0.1) is 13.1 Å². The number of hydrogen-bond acceptors (Lipinski definition) is 6. The van der Waals surface area contributed by atoms with E-state index in [1.54, 1.807) is 18.3 Å². The fourth-order valence-electron chi connectivity index (χ4n) is 5.21. The molecule has 0 bridgehead atoms. The molecule has 232 valence electrons. The van der Waals surface area contributed by atoms with Crippen molar-refractivity contribution in [3.8, 4) is 5.75 Å². The van der Waals surface area contributed by atoms with Crippen LogP contribution in [0.1, 0.15) is 16.7 Å². The molecule has 45 heavy (non-hydrogen) atoms. The number of phenols is 1. The number of carbonyl (C=O) groups excluding carboxylic acids is 5. The summed E-state index contributed by atoms with van der Waals surface area (Å²) in [6.45, 7) is -0.904. The first-order valence-electron chi connectivity index (χ1n) is 14.6. The second-order valence-corrected chi connectivity index (χ2v) is 10.9. The molecule has 1 aliphatic heterocycles. The van der Waals surface area contributed by atoms with E-state index in [1.165, 1.54) is 12.1 Å². The third-order valence-corrected chi connectivity index (χ3v) is 7.54. The Morgan fingerprint density at radius 3 is 1.76 bits per heavy atom. The highest BCUT2D eigenvalue weighted by molar-refractivity contribution is 5.96. The lowest BCUT2D eigenvalue weighted by Crippen LogP contribution is -2.56. The molecule has 5 rings (SSSR count). The zero-order chi connectivity index (χ0) is 31.8. The minimum atomic E-state index is -1.09. The Bertz CT molecular complexity index is 1690. The summed E-state index contributed by atoms with van der Waals surface area (Å²) >= 11 is 0. The highest BCUT2D eigenvalue weighted by Gasteiger charge is 2.30. The number of fused-ring (bicyclic) bond motifs is 1. The van der Waals surface area contributed by atoms with E-state index < -0.39 is 60.8 Å². The Hall–Kier alpha value is -5.65. The topological polar surface area (TPSA) is 182 Å². The van der Waals surface area contributed by atoms with Crippen molar-refractivity contribution in [3.63, 3.8) is 0 Å². The van der Waals surface area contributed by atoms with Gasteiger partial charge in [0.1, 0.15) is 23.9 Å². The lowest BCUT2D eigenvalue weighted by molar-refractivity contribution is -0.132. The van der Waals surface area contributed by atoms with E-state index in [-0.39, 0.29) is 25.0 Å². The van der Waals surface area contributed by atoms with E-state index in [0.717, 1.165) is 22.0 Å². The summed E-state index contributed by atoms with van der Waals surface area (Å²) in [6, 6.07) is 19.5. The van der Waals surface area contributed by atoms with Crippen molar-refractivity contribution in [1.29, 1.82) is 0 Å². The predicted octanol–water partition coefficient (Wildman–Crippen LogP) is 0.602. The maximum absolute atomic E-state index is 13.7. The summed E-state index contributed by atoms with van der Waals surface area (Å²) in [5, 5.41) is 23.7. The van der Waals surface area contributed by atoms with Crippen LogP contribution in [0.5, 0.6) is 5.75 Å². The number of aromatic hydroxyl groups is 1. The van der Waals surface area contributed by atoms with E-state index in [9.17, 15) is 29.1 Å². The molecule has 7 N–H and O–H groups in total. The van der Waals surface area contributed by atoms with Crippen molar-refractivity contribution in [2.75, 3.05) is 13.1 Å². The van der Waals surface area contributed by atoms with Crippen molar-refractivity contribution in [2.45, 2.75) is 37.4 Å². The summed E-state index contributed by atoms with van der Waals surface area (Å²) in [7, 11) is 0. The average molecular weight is 611 g/mol. The van der Waals surface area contributed by atoms with Crippen molar-refractivity contribution in [1.82, 2.24) is 31.6 Å². The molecule has 0 spiro atoms. The molecule has 0 unspecified atom stereocenters. The lowest BCUT2D eigenvalue weighted by atomic mass is 10.0. The van der Waals surface area contributed by atoms with Crippen molar-refractivity contribution >= 4 is 40.4 Å². The van der Waals surface area contributed by atoms with Crippen molar-refractivity contribution in [2.24, 2.45) is 0 Å². The average Bonchev–Trinajstić information content (AvgIpc) is 3.45. The van der Waals surface area contributed by atoms with E-state index in [2.05, 4.69) is 31.6 Å². The number of phenolic OH excluding ortho intramolecular Hbond substituents is 1. The molecular formula is C33H34N6O6. The molecule has 5 amide bonds. The number of para-hydroxylation sites is 1. The third-order valence-electron chi connectivity index (χ3n) is 7.54. The smallest absolute Gasteiger partial charge is 0.243 e. The predicted molar refractivity (Wildman–Crippen MR) is 166 cm³/mol. The first kappa shape index (κ1) is 30.8. The Morgan fingerprint density at radius 1 is 0.578 bits per heavy atom. The molecule has 12 heteroatoms. The van der Waals surface area contributed by atoms with Gasteiger partial charge >= 0.3 is 0 Å². The number of nitrogens with one attached hydrogen (secondary N) is 6. The number of hydrogen-bond donors (Lipinski definition) is 7. The van der Waals surface area contributed by atoms with Crippen LogP contribution >= 0.6 is 0 Å². The van der Waals surface area contributed by atoms with Gasteiger partial charge in [-0.15, -0.1) is 0 Å². The maximum Gasteiger partial charge on any atom is 0.243 e. The molecule has 1 aromatic heterocycles. The molecule has 2 heterocycles. The van der Waals surface area contributed by atoms with Gasteiger partial charge in [-0.05, 0) is 34.9 Å². The largest absolute Gasteiger partial charge is 0.508 e. The summed E-state index contributed by atoms with van der Waals surface area (Å²) < 4.78 is 0. The molecule has 4 aromatic rings. The van der Waals surface area contributed by atoms with Crippen LogP contribution in [0, 0.1) is 0 Å². The number of amides is 5. The highest BCUT2D eigenvalue weighted by atomic mass is 16.3. The third kappa shape index (κ3) is 8.25. The van der Waals surface area contributed by atoms with Crippen LogP contribution in [0.25, 0.3) is 10.9 Å². The zero-order valence-corrected chi connectivity index (χ0v) is 24.3. The molecule has 1 fully saturated rings. The number of carbonyl (C=O) groups is 5. The Labute approximate surface area is 259 Å². The minimum Gasteiger partial charge on any atom is -0.508 e. The van der Waals surface area contributed by atoms with Gasteiger partial charge < -0.3 is 36.7 Å². The Morgan fingerprint density at radius 2 is 1.11 bits per heavy atom. The molecular weight excluding hydrogens is 576 g/mol. The number of benzene rings is 3. The summed E-state index contributed by atoms with van der Waals surface area (Å²) in [6.07, 6.45) is 2.07. The molecule has 1 saturated heterocycles. The van der Waals surface area contributed by atoms with Crippen LogP contribution in [0.2, 0.25) is 0 Å². The van der Waals surface area contributed by atoms with Gasteiger partial charge in [-0.3, -0.25) is 24.0 Å². The number of rotatable bonds is 6. The second-order valence-electron chi connectivity index (χ2n) is 10.9. The normalized spacial score (nSPS) is 20.2. The number of H-pyrrole nitrogens is 1. The van der Waals surface area contributed by atoms with Gasteiger partial charge in [0.15, 0.2) is 0 Å². The van der Waals surface area contributed by atoms with Crippen molar-refractivity contribution in [3.05, 3.63) is 102 Å². The van der Waals surface area contributed by atoms with Crippen LogP contribution in [0.15, 0.2) is 85.1 Å². The van der Waals surface area contributed by atoms with Crippen LogP contribution in [0.3, 0.4) is 0 Å². The second kappa shape index (κ2) is 14.2. The molecule has 3 aromatic carbocycles. The molecule has 0 radical (unpaired) electrons. The fraction of sp³-hybridized carbons (Fsp3) is 0.242. The Balaban J connectivity index is 1.42. The molecule has 0 saturated carbocycles. The highest BCUT2D eigenvalue weighted by Crippen LogP contribution is 2.19. The van der Waals surface area contributed by atoms with Gasteiger partial charge in [0, 0.05) is 36.4 Å². The van der Waals surface area contributed by atoms with Crippen LogP contribution in [-0.2, 0) is 43.2 Å². The van der Waals surface area contributed by atoms with Crippen LogP contribution < -0.4 is 26.6 Å². The van der Waals surface area contributed by atoms with E-state index in [0.29, 0.717) is 5.56 Å². The van der Waals surface area contributed by atoms with Gasteiger partial charge in [0.25, 0.3) is 0 Å². The van der Waals surface area contributed by atoms with Gasteiger partial charge in [-0.2, -0.15) is 0 Å². The lowest BCUT2D eigenvalue weighted by Gasteiger charge is -2.23. The summed E-state index contributed by atoms with van der Waals surface area (Å²) in [4.78, 5) is 69.4. The monoisotopic (exact) mass is 610 g/mol. The van der Waals surface area contributed by atoms with Crippen LogP contribution in [-0.4, -0.2) is 70.8 Å². The first-order valence-corrected chi connectivity index (χ1v) is 14.6.